The van der Waals surface area contributed by atoms with Gasteiger partial charge in [-0.2, -0.15) is 0 Å². The number of hydrogen-bond donors (Lipinski definition) is 2. The number of fused-ring (bicyclic) bond motifs is 2. The van der Waals surface area contributed by atoms with Crippen molar-refractivity contribution in [2.45, 2.75) is 31.2 Å². The number of halogens is 2. The molecule has 0 radical (unpaired) electrons. The van der Waals surface area contributed by atoms with Crippen molar-refractivity contribution in [2.75, 3.05) is 17.7 Å². The van der Waals surface area contributed by atoms with Gasteiger partial charge >= 0.3 is 0 Å². The Hall–Kier alpha value is -4.94. The lowest BCUT2D eigenvalue weighted by Gasteiger charge is -2.40. The van der Waals surface area contributed by atoms with Gasteiger partial charge in [-0.25, -0.2) is 28.7 Å². The van der Waals surface area contributed by atoms with Gasteiger partial charge in [0.25, 0.3) is 11.9 Å². The molecule has 4 heterocycles. The zero-order valence-corrected chi connectivity index (χ0v) is 20.6. The number of nitrogens with two attached hydrogens (primary N) is 1. The lowest BCUT2D eigenvalue weighted by molar-refractivity contribution is -0.125. The van der Waals surface area contributed by atoms with Crippen LogP contribution in [0.25, 0.3) is 27.9 Å². The second-order valence-electron chi connectivity index (χ2n) is 9.83. The normalized spacial score (nSPS) is 17.2. The van der Waals surface area contributed by atoms with Crippen molar-refractivity contribution < 1.29 is 18.3 Å². The third-order valence-electron chi connectivity index (χ3n) is 6.78. The number of ether oxygens (including phenoxy) is 2. The molecule has 2 aromatic carbocycles. The second kappa shape index (κ2) is 8.28. The average molecular weight is 530 g/mol. The molecule has 3 aromatic heterocycles. The molecule has 39 heavy (non-hydrogen) atoms. The Morgan fingerprint density at radius 3 is 2.77 bits per heavy atom. The summed E-state index contributed by atoms with van der Waals surface area (Å²) in [6, 6.07) is 12.9. The summed E-state index contributed by atoms with van der Waals surface area (Å²) in [6.07, 6.45) is 2.55. The van der Waals surface area contributed by atoms with E-state index >= 15 is 0 Å². The number of nitrogen functional groups attached to an aromatic ring is 1. The highest BCUT2D eigenvalue weighted by Gasteiger charge is 2.59. The van der Waals surface area contributed by atoms with Crippen LogP contribution in [0.2, 0.25) is 0 Å². The minimum Gasteiger partial charge on any atom is -0.462 e. The lowest BCUT2D eigenvalue weighted by Crippen LogP contribution is -2.51. The minimum absolute atomic E-state index is 0.143. The summed E-state index contributed by atoms with van der Waals surface area (Å²) in [5, 5.41) is 11.5. The van der Waals surface area contributed by atoms with Crippen LogP contribution in [-0.2, 0) is 4.74 Å². The van der Waals surface area contributed by atoms with Crippen molar-refractivity contribution in [1.29, 1.82) is 0 Å². The van der Waals surface area contributed by atoms with Gasteiger partial charge in [0.2, 0.25) is 5.88 Å². The van der Waals surface area contributed by atoms with Crippen LogP contribution in [0.3, 0.4) is 0 Å². The number of anilines is 2. The van der Waals surface area contributed by atoms with Crippen molar-refractivity contribution in [2.24, 2.45) is 4.99 Å². The molecule has 2 aliphatic rings. The number of alkyl halides is 2. The third-order valence-corrected chi connectivity index (χ3v) is 6.78. The summed E-state index contributed by atoms with van der Waals surface area (Å²) in [5.74, 6) is -0.881. The maximum absolute atomic E-state index is 13.3. The van der Waals surface area contributed by atoms with E-state index in [1.807, 2.05) is 25.1 Å². The van der Waals surface area contributed by atoms with E-state index in [2.05, 4.69) is 35.5 Å². The van der Waals surface area contributed by atoms with Crippen molar-refractivity contribution in [3.8, 4) is 23.0 Å². The van der Waals surface area contributed by atoms with Crippen molar-refractivity contribution in [1.82, 2.24) is 29.5 Å². The molecular formula is C26H21F2N9O2. The van der Waals surface area contributed by atoms with Gasteiger partial charge in [0, 0.05) is 35.5 Å². The van der Waals surface area contributed by atoms with Gasteiger partial charge in [-0.3, -0.25) is 4.40 Å². The van der Waals surface area contributed by atoms with E-state index in [1.165, 1.54) is 0 Å². The fourth-order valence-corrected chi connectivity index (χ4v) is 4.90. The van der Waals surface area contributed by atoms with E-state index in [-0.39, 0.29) is 25.5 Å². The molecule has 1 aliphatic carbocycles. The number of hydrogen-bond acceptors (Lipinski definition) is 10. The highest BCUT2D eigenvalue weighted by molar-refractivity contribution is 5.96. The maximum atomic E-state index is 13.3. The Bertz CT molecular complexity index is 1800. The van der Waals surface area contributed by atoms with Crippen molar-refractivity contribution in [3.05, 3.63) is 60.7 Å². The molecule has 13 heteroatoms. The first-order valence-corrected chi connectivity index (χ1v) is 12.1. The van der Waals surface area contributed by atoms with Gasteiger partial charge in [0.1, 0.15) is 36.4 Å². The third kappa shape index (κ3) is 4.21. The van der Waals surface area contributed by atoms with E-state index in [9.17, 15) is 8.78 Å². The fourth-order valence-electron chi connectivity index (χ4n) is 4.90. The van der Waals surface area contributed by atoms with E-state index in [1.54, 1.807) is 41.3 Å². The molecule has 196 valence electrons. The summed E-state index contributed by atoms with van der Waals surface area (Å²) >= 11 is 0. The Morgan fingerprint density at radius 1 is 1.08 bits per heavy atom. The van der Waals surface area contributed by atoms with Crippen LogP contribution >= 0.6 is 0 Å². The van der Waals surface area contributed by atoms with Gasteiger partial charge in [0.15, 0.2) is 11.5 Å². The molecule has 11 nitrogen and oxygen atoms in total. The second-order valence-corrected chi connectivity index (χ2v) is 9.83. The SMILES string of the molecule is Cc1cc(-c2nc(N)c3cc(NC4=NC5(CO4)CC(F)(F)C5)ccc3n2)ccc1Oc1cc2nncn2cn1. The summed E-state index contributed by atoms with van der Waals surface area (Å²) in [7, 11) is 0. The van der Waals surface area contributed by atoms with Crippen LogP contribution in [-0.4, -0.2) is 53.6 Å². The molecule has 1 saturated carbocycles. The van der Waals surface area contributed by atoms with Gasteiger partial charge in [-0.1, -0.05) is 0 Å². The first-order valence-electron chi connectivity index (χ1n) is 12.1. The van der Waals surface area contributed by atoms with Gasteiger partial charge < -0.3 is 20.5 Å². The summed E-state index contributed by atoms with van der Waals surface area (Å²) in [4.78, 5) is 17.8. The monoisotopic (exact) mass is 529 g/mol. The number of nitrogens with zero attached hydrogens (tertiary/aromatic N) is 7. The topological polar surface area (TPSA) is 138 Å². The molecule has 7 rings (SSSR count). The summed E-state index contributed by atoms with van der Waals surface area (Å²) < 4.78 is 39.8. The van der Waals surface area contributed by atoms with Crippen LogP contribution in [0.1, 0.15) is 18.4 Å². The van der Waals surface area contributed by atoms with Crippen LogP contribution in [0.4, 0.5) is 20.3 Å². The van der Waals surface area contributed by atoms with Crippen molar-refractivity contribution in [3.63, 3.8) is 0 Å². The Labute approximate surface area is 219 Å². The van der Waals surface area contributed by atoms with Crippen molar-refractivity contribution >= 4 is 34.1 Å². The number of aromatic nitrogens is 6. The van der Waals surface area contributed by atoms with Crippen LogP contribution in [0, 0.1) is 6.92 Å². The standard InChI is InChI=1S/C26H21F2N9O2/c1-14-6-15(2-5-19(14)39-21-8-20-36-31-13-37(20)12-30-21)23-33-18-4-3-16(7-17(18)22(29)34-23)32-24-35-25(11-38-24)9-26(27,28)10-25/h2-8,12-13H,9-11H2,1H3,(H,32,35)(H2,29,33,34). The van der Waals surface area contributed by atoms with E-state index < -0.39 is 11.5 Å². The molecule has 5 aromatic rings. The molecule has 3 N–H and O–H groups in total. The largest absolute Gasteiger partial charge is 0.462 e. The molecule has 0 bridgehead atoms. The van der Waals surface area contributed by atoms with Crippen LogP contribution < -0.4 is 15.8 Å². The fraction of sp³-hybridized carbons (Fsp3) is 0.231. The number of aliphatic imine (C=N–C) groups is 1. The molecule has 0 unspecified atom stereocenters. The quantitative estimate of drug-likeness (QED) is 0.347. The number of amidine groups is 1. The van der Waals surface area contributed by atoms with Crippen LogP contribution in [0.5, 0.6) is 11.6 Å². The summed E-state index contributed by atoms with van der Waals surface area (Å²) in [5.41, 5.74) is 9.03. The highest BCUT2D eigenvalue weighted by atomic mass is 19.3. The Balaban J connectivity index is 1.11. The van der Waals surface area contributed by atoms with Gasteiger partial charge in [-0.15, -0.1) is 10.2 Å². The number of benzene rings is 2. The van der Waals surface area contributed by atoms with E-state index in [4.69, 9.17) is 15.2 Å². The lowest BCUT2D eigenvalue weighted by atomic mass is 9.75. The average Bonchev–Trinajstić information content (AvgIpc) is 3.51. The zero-order chi connectivity index (χ0) is 26.8. The molecule has 0 amide bonds. The molecule has 0 saturated heterocycles. The predicted molar refractivity (Wildman–Crippen MR) is 139 cm³/mol. The highest BCUT2D eigenvalue weighted by Crippen LogP contribution is 2.50. The predicted octanol–water partition coefficient (Wildman–Crippen LogP) is 4.38. The molecule has 1 aliphatic heterocycles. The number of nitrogens with one attached hydrogen (secondary N) is 1. The molecule has 1 fully saturated rings. The Kier molecular flexibility index (Phi) is 4.93. The maximum Gasteiger partial charge on any atom is 0.289 e. The van der Waals surface area contributed by atoms with E-state index in [0.717, 1.165) is 11.1 Å². The van der Waals surface area contributed by atoms with Crippen LogP contribution in [0.15, 0.2) is 60.1 Å². The summed E-state index contributed by atoms with van der Waals surface area (Å²) in [6.45, 7) is 2.06. The van der Waals surface area contributed by atoms with Gasteiger partial charge in [-0.05, 0) is 48.9 Å². The smallest absolute Gasteiger partial charge is 0.289 e. The zero-order valence-electron chi connectivity index (χ0n) is 20.6. The molecule has 1 spiro atoms. The Morgan fingerprint density at radius 2 is 1.95 bits per heavy atom. The van der Waals surface area contributed by atoms with Gasteiger partial charge in [0.05, 0.1) is 5.52 Å². The van der Waals surface area contributed by atoms with E-state index in [0.29, 0.717) is 45.5 Å². The molecule has 0 atom stereocenters. The number of rotatable bonds is 4. The number of aryl methyl sites for hydroxylation is 1. The first-order chi connectivity index (χ1) is 18.7. The first kappa shape index (κ1) is 23.2. The molecular weight excluding hydrogens is 508 g/mol. The minimum atomic E-state index is -2.68.